The van der Waals surface area contributed by atoms with Crippen LogP contribution in [0, 0.1) is 5.92 Å². The number of methoxy groups -OCH3 is 1. The number of carbonyl (C=O) groups is 1. The molecule has 1 heterocycles. The van der Waals surface area contributed by atoms with Crippen LogP contribution in [0.1, 0.15) is 13.8 Å². The van der Waals surface area contributed by atoms with Gasteiger partial charge in [0.25, 0.3) is 10.0 Å². The van der Waals surface area contributed by atoms with E-state index in [4.69, 9.17) is 4.74 Å². The summed E-state index contributed by atoms with van der Waals surface area (Å²) in [6.45, 7) is 3.56. The molecule has 0 unspecified atom stereocenters. The van der Waals surface area contributed by atoms with Gasteiger partial charge < -0.3 is 10.1 Å². The smallest absolute Gasteiger partial charge is 0.250 e. The number of amides is 1. The van der Waals surface area contributed by atoms with Gasteiger partial charge in [0.05, 0.1) is 12.8 Å². The Labute approximate surface area is 145 Å². The van der Waals surface area contributed by atoms with Crippen molar-refractivity contribution in [1.29, 1.82) is 0 Å². The fourth-order valence-electron chi connectivity index (χ4n) is 2.09. The van der Waals surface area contributed by atoms with Crippen LogP contribution in [0.3, 0.4) is 0 Å². The van der Waals surface area contributed by atoms with Crippen molar-refractivity contribution in [2.24, 2.45) is 5.92 Å². The maximum atomic E-state index is 12.6. The summed E-state index contributed by atoms with van der Waals surface area (Å²) in [7, 11) is -2.23. The van der Waals surface area contributed by atoms with Gasteiger partial charge in [0.1, 0.15) is 16.0 Å². The maximum absolute atomic E-state index is 12.6. The van der Waals surface area contributed by atoms with Crippen LogP contribution in [0.4, 0.5) is 5.69 Å². The number of sulfonamides is 1. The van der Waals surface area contributed by atoms with E-state index in [0.717, 1.165) is 11.3 Å². The second kappa shape index (κ2) is 7.78. The lowest BCUT2D eigenvalue weighted by Gasteiger charge is -2.21. The largest absolute Gasteiger partial charge is 0.495 e. The Morgan fingerprint density at radius 1 is 1.17 bits per heavy atom. The van der Waals surface area contributed by atoms with Crippen LogP contribution in [-0.2, 0) is 14.8 Å². The predicted octanol–water partition coefficient (Wildman–Crippen LogP) is 2.70. The van der Waals surface area contributed by atoms with Crippen molar-refractivity contribution >= 4 is 33.0 Å². The molecule has 0 aliphatic carbocycles. The first-order chi connectivity index (χ1) is 11.3. The third-order valence-corrected chi connectivity index (χ3v) is 6.19. The summed E-state index contributed by atoms with van der Waals surface area (Å²) < 4.78 is 32.6. The highest BCUT2D eigenvalue weighted by Crippen LogP contribution is 2.24. The fraction of sp³-hybridized carbons (Fsp3) is 0.312. The lowest BCUT2D eigenvalue weighted by atomic mass is 10.0. The Morgan fingerprint density at radius 3 is 2.46 bits per heavy atom. The van der Waals surface area contributed by atoms with E-state index in [0.29, 0.717) is 11.4 Å². The van der Waals surface area contributed by atoms with Gasteiger partial charge in [-0.25, -0.2) is 8.42 Å². The van der Waals surface area contributed by atoms with Gasteiger partial charge in [0, 0.05) is 0 Å². The molecule has 0 bridgehead atoms. The monoisotopic (exact) mass is 368 g/mol. The molecule has 130 valence electrons. The molecule has 8 heteroatoms. The predicted molar refractivity (Wildman–Crippen MR) is 94.9 cm³/mol. The molecule has 0 aliphatic rings. The van der Waals surface area contributed by atoms with Gasteiger partial charge in [0.2, 0.25) is 5.91 Å². The molecule has 0 saturated heterocycles. The Morgan fingerprint density at radius 2 is 1.88 bits per heavy atom. The molecule has 0 aliphatic heterocycles. The van der Waals surface area contributed by atoms with Crippen LogP contribution in [-0.4, -0.2) is 27.5 Å². The van der Waals surface area contributed by atoms with E-state index in [9.17, 15) is 13.2 Å². The number of nitrogens with one attached hydrogen (secondary N) is 2. The number of para-hydroxylation sites is 2. The van der Waals surface area contributed by atoms with Gasteiger partial charge in [-0.3, -0.25) is 4.79 Å². The van der Waals surface area contributed by atoms with E-state index < -0.39 is 22.0 Å². The third-order valence-electron chi connectivity index (χ3n) is 3.36. The van der Waals surface area contributed by atoms with Gasteiger partial charge in [-0.15, -0.1) is 11.3 Å². The summed E-state index contributed by atoms with van der Waals surface area (Å²) in [6.07, 6.45) is 0. The first kappa shape index (κ1) is 18.4. The highest BCUT2D eigenvalue weighted by Gasteiger charge is 2.29. The average Bonchev–Trinajstić information content (AvgIpc) is 3.08. The van der Waals surface area contributed by atoms with Crippen LogP contribution in [0.25, 0.3) is 0 Å². The molecule has 6 nitrogen and oxygen atoms in total. The van der Waals surface area contributed by atoms with E-state index in [-0.39, 0.29) is 10.1 Å². The summed E-state index contributed by atoms with van der Waals surface area (Å²) in [6, 6.07) is 9.22. The van der Waals surface area contributed by atoms with Crippen molar-refractivity contribution in [2.45, 2.75) is 24.1 Å². The standard InChI is InChI=1S/C16H20N2O4S2/c1-11(2)15(18-24(20,21)14-9-6-10-23-14)16(19)17-12-7-4-5-8-13(12)22-3/h4-11,15,18H,1-3H3,(H,17,19)/t15-/m0/s1. The molecule has 2 rings (SSSR count). The van der Waals surface area contributed by atoms with Crippen LogP contribution >= 0.6 is 11.3 Å². The zero-order chi connectivity index (χ0) is 17.7. The second-order valence-corrected chi connectivity index (χ2v) is 8.35. The van der Waals surface area contributed by atoms with Crippen LogP contribution < -0.4 is 14.8 Å². The Bertz CT molecular complexity index is 786. The molecule has 1 amide bonds. The molecule has 0 fully saturated rings. The lowest BCUT2D eigenvalue weighted by Crippen LogP contribution is -2.46. The van der Waals surface area contributed by atoms with E-state index in [2.05, 4.69) is 10.0 Å². The van der Waals surface area contributed by atoms with Gasteiger partial charge in [-0.05, 0) is 29.5 Å². The lowest BCUT2D eigenvalue weighted by molar-refractivity contribution is -0.118. The average molecular weight is 368 g/mol. The summed E-state index contributed by atoms with van der Waals surface area (Å²) >= 11 is 1.10. The summed E-state index contributed by atoms with van der Waals surface area (Å²) in [5, 5.41) is 4.40. The summed E-state index contributed by atoms with van der Waals surface area (Å²) in [4.78, 5) is 12.6. The number of hydrogen-bond donors (Lipinski definition) is 2. The molecule has 0 radical (unpaired) electrons. The van der Waals surface area contributed by atoms with Crippen LogP contribution in [0.2, 0.25) is 0 Å². The number of hydrogen-bond acceptors (Lipinski definition) is 5. The van der Waals surface area contributed by atoms with Crippen LogP contribution in [0.15, 0.2) is 46.0 Å². The summed E-state index contributed by atoms with van der Waals surface area (Å²) in [5.41, 5.74) is 0.492. The topological polar surface area (TPSA) is 84.5 Å². The van der Waals surface area contributed by atoms with Gasteiger partial charge in [0.15, 0.2) is 0 Å². The zero-order valence-electron chi connectivity index (χ0n) is 13.6. The Balaban J connectivity index is 2.20. The van der Waals surface area contributed by atoms with Crippen molar-refractivity contribution in [3.8, 4) is 5.75 Å². The molecular formula is C16H20N2O4S2. The van der Waals surface area contributed by atoms with Crippen molar-refractivity contribution in [1.82, 2.24) is 4.72 Å². The minimum absolute atomic E-state index is 0.179. The van der Waals surface area contributed by atoms with Gasteiger partial charge in [-0.2, -0.15) is 4.72 Å². The van der Waals surface area contributed by atoms with Gasteiger partial charge >= 0.3 is 0 Å². The van der Waals surface area contributed by atoms with E-state index >= 15 is 0 Å². The highest BCUT2D eigenvalue weighted by atomic mass is 32.2. The summed E-state index contributed by atoms with van der Waals surface area (Å²) in [5.74, 6) is -0.154. The molecule has 0 saturated carbocycles. The first-order valence-corrected chi connectivity index (χ1v) is 9.71. The van der Waals surface area contributed by atoms with Crippen molar-refractivity contribution in [3.05, 3.63) is 41.8 Å². The number of thiophene rings is 1. The molecule has 1 aromatic heterocycles. The quantitative estimate of drug-likeness (QED) is 0.787. The molecule has 2 N–H and O–H groups in total. The molecule has 24 heavy (non-hydrogen) atoms. The molecule has 1 aromatic carbocycles. The minimum atomic E-state index is -3.74. The Kier molecular flexibility index (Phi) is 5.98. The third kappa shape index (κ3) is 4.34. The number of rotatable bonds is 7. The van der Waals surface area contributed by atoms with Crippen molar-refractivity contribution < 1.29 is 17.9 Å². The van der Waals surface area contributed by atoms with Crippen molar-refractivity contribution in [2.75, 3.05) is 12.4 Å². The Hall–Kier alpha value is -1.90. The number of benzene rings is 1. The van der Waals surface area contributed by atoms with Gasteiger partial charge in [-0.1, -0.05) is 32.0 Å². The second-order valence-electron chi connectivity index (χ2n) is 5.46. The maximum Gasteiger partial charge on any atom is 0.250 e. The van der Waals surface area contributed by atoms with Crippen molar-refractivity contribution in [3.63, 3.8) is 0 Å². The minimum Gasteiger partial charge on any atom is -0.495 e. The van der Waals surface area contributed by atoms with E-state index in [1.807, 2.05) is 0 Å². The molecule has 1 atom stereocenters. The number of anilines is 1. The number of ether oxygens (including phenoxy) is 1. The zero-order valence-corrected chi connectivity index (χ0v) is 15.3. The fourth-order valence-corrected chi connectivity index (χ4v) is 4.45. The molecular weight excluding hydrogens is 348 g/mol. The van der Waals surface area contributed by atoms with E-state index in [1.165, 1.54) is 13.2 Å². The molecule has 2 aromatic rings. The van der Waals surface area contributed by atoms with Crippen LogP contribution in [0.5, 0.6) is 5.75 Å². The normalized spacial score (nSPS) is 12.8. The SMILES string of the molecule is COc1ccccc1NC(=O)[C@@H](NS(=O)(=O)c1cccs1)C(C)C. The first-order valence-electron chi connectivity index (χ1n) is 7.35. The number of carbonyl (C=O) groups excluding carboxylic acids is 1. The molecule has 0 spiro atoms. The van der Waals surface area contributed by atoms with E-state index in [1.54, 1.807) is 49.6 Å². The highest BCUT2D eigenvalue weighted by molar-refractivity contribution is 7.91.